The fraction of sp³-hybridized carbons (Fsp3) is 0.333. The van der Waals surface area contributed by atoms with Gasteiger partial charge in [-0.3, -0.25) is 9.59 Å². The van der Waals surface area contributed by atoms with Gasteiger partial charge in [-0.05, 0) is 24.1 Å². The molecule has 0 bridgehead atoms. The van der Waals surface area contributed by atoms with Crippen LogP contribution in [0.2, 0.25) is 0 Å². The van der Waals surface area contributed by atoms with Crippen LogP contribution in [0.3, 0.4) is 0 Å². The molecule has 4 nitrogen and oxygen atoms in total. The van der Waals surface area contributed by atoms with E-state index in [9.17, 15) is 9.59 Å². The second-order valence-corrected chi connectivity index (χ2v) is 3.65. The first-order valence-corrected chi connectivity index (χ1v) is 5.12. The van der Waals surface area contributed by atoms with Crippen LogP contribution in [-0.4, -0.2) is 11.7 Å². The first-order valence-electron chi connectivity index (χ1n) is 5.12. The van der Waals surface area contributed by atoms with Gasteiger partial charge < -0.3 is 11.1 Å². The second-order valence-electron chi connectivity index (χ2n) is 3.65. The largest absolute Gasteiger partial charge is 0.352 e. The summed E-state index contributed by atoms with van der Waals surface area (Å²) in [6.07, 6.45) is 0. The number of nitrogens with two attached hydrogens (primary N) is 1. The number of nitrogens with one attached hydrogen (secondary N) is 1. The van der Waals surface area contributed by atoms with Gasteiger partial charge >= 0.3 is 0 Å². The maximum Gasteiger partial charge on any atom is 0.217 e. The Morgan fingerprint density at radius 1 is 1.25 bits per heavy atom. The summed E-state index contributed by atoms with van der Waals surface area (Å²) in [5, 5.41) is 2.70. The molecule has 0 aliphatic rings. The van der Waals surface area contributed by atoms with Crippen molar-refractivity contribution < 1.29 is 9.59 Å². The van der Waals surface area contributed by atoms with Crippen molar-refractivity contribution in [3.8, 4) is 0 Å². The van der Waals surface area contributed by atoms with E-state index in [4.69, 9.17) is 5.73 Å². The van der Waals surface area contributed by atoms with Crippen LogP contribution in [0.25, 0.3) is 0 Å². The number of rotatable bonds is 4. The highest BCUT2D eigenvalue weighted by Crippen LogP contribution is 2.12. The van der Waals surface area contributed by atoms with Gasteiger partial charge in [0.05, 0.1) is 0 Å². The summed E-state index contributed by atoms with van der Waals surface area (Å²) in [5.41, 5.74) is 8.06. The first kappa shape index (κ1) is 12.4. The molecule has 1 rings (SSSR count). The van der Waals surface area contributed by atoms with Crippen molar-refractivity contribution in [3.05, 3.63) is 34.9 Å². The van der Waals surface area contributed by atoms with Gasteiger partial charge in [-0.2, -0.15) is 0 Å². The Bertz CT molecular complexity index is 413. The SMILES string of the molecule is CC(=O)NCc1cc(C(C)=O)ccc1CN. The minimum atomic E-state index is -0.101. The fourth-order valence-electron chi connectivity index (χ4n) is 1.43. The van der Waals surface area contributed by atoms with Gasteiger partial charge in [-0.25, -0.2) is 0 Å². The lowest BCUT2D eigenvalue weighted by Gasteiger charge is -2.09. The van der Waals surface area contributed by atoms with Crippen LogP contribution < -0.4 is 11.1 Å². The van der Waals surface area contributed by atoms with Gasteiger partial charge in [0.15, 0.2) is 5.78 Å². The lowest BCUT2D eigenvalue weighted by molar-refractivity contribution is -0.119. The first-order chi connectivity index (χ1) is 7.54. The minimum Gasteiger partial charge on any atom is -0.352 e. The van der Waals surface area contributed by atoms with Gasteiger partial charge in [-0.15, -0.1) is 0 Å². The van der Waals surface area contributed by atoms with Crippen molar-refractivity contribution in [2.45, 2.75) is 26.9 Å². The summed E-state index contributed by atoms with van der Waals surface area (Å²) in [5.74, 6) is -0.0937. The molecule has 0 unspecified atom stereocenters. The summed E-state index contributed by atoms with van der Waals surface area (Å²) in [7, 11) is 0. The molecular weight excluding hydrogens is 204 g/mol. The van der Waals surface area contributed by atoms with E-state index in [0.29, 0.717) is 18.7 Å². The van der Waals surface area contributed by atoms with E-state index in [-0.39, 0.29) is 11.7 Å². The lowest BCUT2D eigenvalue weighted by Crippen LogP contribution is -2.20. The molecule has 1 amide bonds. The molecule has 0 aromatic heterocycles. The normalized spacial score (nSPS) is 9.94. The highest BCUT2D eigenvalue weighted by molar-refractivity contribution is 5.94. The number of Topliss-reactive ketones (excluding diaryl/α,β-unsaturated/α-hetero) is 1. The Hall–Kier alpha value is -1.68. The van der Waals surface area contributed by atoms with Crippen molar-refractivity contribution in [1.82, 2.24) is 5.32 Å². The number of hydrogen-bond acceptors (Lipinski definition) is 3. The van der Waals surface area contributed by atoms with E-state index in [0.717, 1.165) is 11.1 Å². The molecule has 1 aromatic rings. The van der Waals surface area contributed by atoms with Crippen LogP contribution >= 0.6 is 0 Å². The molecule has 1 aromatic carbocycles. The van der Waals surface area contributed by atoms with E-state index in [1.54, 1.807) is 12.1 Å². The average molecular weight is 220 g/mol. The molecule has 4 heteroatoms. The van der Waals surface area contributed by atoms with Gasteiger partial charge in [-0.1, -0.05) is 12.1 Å². The number of carbonyl (C=O) groups is 2. The van der Waals surface area contributed by atoms with Gasteiger partial charge in [0.1, 0.15) is 0 Å². The van der Waals surface area contributed by atoms with E-state index >= 15 is 0 Å². The topological polar surface area (TPSA) is 72.2 Å². The van der Waals surface area contributed by atoms with Crippen molar-refractivity contribution >= 4 is 11.7 Å². The summed E-state index contributed by atoms with van der Waals surface area (Å²) in [4.78, 5) is 22.0. The van der Waals surface area contributed by atoms with Crippen LogP contribution in [0.5, 0.6) is 0 Å². The average Bonchev–Trinajstić information content (AvgIpc) is 2.25. The monoisotopic (exact) mass is 220 g/mol. The Kier molecular flexibility index (Phi) is 4.19. The van der Waals surface area contributed by atoms with Crippen molar-refractivity contribution in [2.75, 3.05) is 0 Å². The van der Waals surface area contributed by atoms with Crippen LogP contribution in [0.1, 0.15) is 35.3 Å². The van der Waals surface area contributed by atoms with E-state index in [1.807, 2.05) is 6.07 Å². The standard InChI is InChI=1S/C12H16N2O2/c1-8(15)10-3-4-11(6-13)12(5-10)7-14-9(2)16/h3-5H,6-7,13H2,1-2H3,(H,14,16). The van der Waals surface area contributed by atoms with Crippen LogP contribution in [0.4, 0.5) is 0 Å². The Morgan fingerprint density at radius 2 is 1.94 bits per heavy atom. The molecule has 0 aliphatic carbocycles. The Labute approximate surface area is 94.8 Å². The number of carbonyl (C=O) groups excluding carboxylic acids is 2. The summed E-state index contributed by atoms with van der Waals surface area (Å²) in [6.45, 7) is 3.77. The molecule has 0 aliphatic heterocycles. The maximum absolute atomic E-state index is 11.2. The highest BCUT2D eigenvalue weighted by atomic mass is 16.1. The van der Waals surface area contributed by atoms with E-state index in [1.165, 1.54) is 13.8 Å². The molecule has 0 fully saturated rings. The smallest absolute Gasteiger partial charge is 0.217 e. The number of benzene rings is 1. The van der Waals surface area contributed by atoms with Gasteiger partial charge in [0.25, 0.3) is 0 Å². The third kappa shape index (κ3) is 3.17. The predicted molar refractivity (Wildman–Crippen MR) is 61.9 cm³/mol. The third-order valence-corrected chi connectivity index (χ3v) is 2.36. The lowest BCUT2D eigenvalue weighted by atomic mass is 10.0. The van der Waals surface area contributed by atoms with Crippen LogP contribution in [0.15, 0.2) is 18.2 Å². The third-order valence-electron chi connectivity index (χ3n) is 2.36. The molecule has 0 heterocycles. The number of amides is 1. The zero-order valence-corrected chi connectivity index (χ0v) is 9.54. The van der Waals surface area contributed by atoms with E-state index in [2.05, 4.69) is 5.32 Å². The summed E-state index contributed by atoms with van der Waals surface area (Å²) >= 11 is 0. The molecule has 0 atom stereocenters. The summed E-state index contributed by atoms with van der Waals surface area (Å²) < 4.78 is 0. The van der Waals surface area contributed by atoms with Gasteiger partial charge in [0, 0.05) is 25.6 Å². The minimum absolute atomic E-state index is 0.00708. The zero-order chi connectivity index (χ0) is 12.1. The highest BCUT2D eigenvalue weighted by Gasteiger charge is 2.06. The van der Waals surface area contributed by atoms with Crippen molar-refractivity contribution in [3.63, 3.8) is 0 Å². The van der Waals surface area contributed by atoms with Crippen molar-refractivity contribution in [1.29, 1.82) is 0 Å². The van der Waals surface area contributed by atoms with E-state index < -0.39 is 0 Å². The fourth-order valence-corrected chi connectivity index (χ4v) is 1.43. The number of ketones is 1. The maximum atomic E-state index is 11.2. The van der Waals surface area contributed by atoms with Gasteiger partial charge in [0.2, 0.25) is 5.91 Å². The molecule has 0 spiro atoms. The zero-order valence-electron chi connectivity index (χ0n) is 9.54. The predicted octanol–water partition coefficient (Wildman–Crippen LogP) is 0.984. The summed E-state index contributed by atoms with van der Waals surface area (Å²) in [6, 6.07) is 5.36. The molecule has 3 N–H and O–H groups in total. The molecule has 16 heavy (non-hydrogen) atoms. The molecular formula is C12H16N2O2. The Morgan fingerprint density at radius 3 is 2.44 bits per heavy atom. The van der Waals surface area contributed by atoms with Crippen LogP contribution in [-0.2, 0) is 17.9 Å². The Balaban J connectivity index is 2.97. The molecule has 86 valence electrons. The van der Waals surface area contributed by atoms with Crippen molar-refractivity contribution in [2.24, 2.45) is 5.73 Å². The molecule has 0 saturated heterocycles. The molecule has 0 saturated carbocycles. The quantitative estimate of drug-likeness (QED) is 0.743. The van der Waals surface area contributed by atoms with Crippen LogP contribution in [0, 0.1) is 0 Å². The molecule has 0 radical (unpaired) electrons. The number of hydrogen-bond donors (Lipinski definition) is 2. The second kappa shape index (κ2) is 5.42.